The first-order valence-corrected chi connectivity index (χ1v) is 2.56. The van der Waals surface area contributed by atoms with Crippen LogP contribution in [0.25, 0.3) is 0 Å². The molecular weight excluding hydrogens is 129 g/mol. The fourth-order valence-corrected chi connectivity index (χ4v) is 0.675. The first kappa shape index (κ1) is 6.39. The molecule has 3 heteroatoms. The van der Waals surface area contributed by atoms with Crippen molar-refractivity contribution in [1.82, 2.24) is 0 Å². The summed E-state index contributed by atoms with van der Waals surface area (Å²) < 4.78 is 36.1. The summed E-state index contributed by atoms with van der Waals surface area (Å²) in [5.41, 5.74) is 0. The van der Waals surface area contributed by atoms with Gasteiger partial charge in [-0.3, -0.25) is 0 Å². The van der Waals surface area contributed by atoms with Crippen molar-refractivity contribution >= 4 is 0 Å². The van der Waals surface area contributed by atoms with Crippen molar-refractivity contribution in [2.45, 2.75) is 12.6 Å². The van der Waals surface area contributed by atoms with Gasteiger partial charge in [0.25, 0.3) is 0 Å². The van der Waals surface area contributed by atoms with Crippen LogP contribution in [0.3, 0.4) is 0 Å². The van der Waals surface area contributed by atoms with Crippen molar-refractivity contribution in [3.63, 3.8) is 0 Å². The van der Waals surface area contributed by atoms with Crippen LogP contribution in [0.5, 0.6) is 0 Å². The summed E-state index contributed by atoms with van der Waals surface area (Å²) in [5.74, 6) is -1.56. The number of halogens is 3. The third kappa shape index (κ3) is 1.59. The van der Waals surface area contributed by atoms with Crippen LogP contribution in [0.15, 0.2) is 23.8 Å². The Morgan fingerprint density at radius 2 is 2.11 bits per heavy atom. The molecule has 0 amide bonds. The van der Waals surface area contributed by atoms with Gasteiger partial charge in [-0.05, 0) is 6.08 Å². The Labute approximate surface area is 50.7 Å². The van der Waals surface area contributed by atoms with Crippen molar-refractivity contribution in [2.75, 3.05) is 0 Å². The second kappa shape index (κ2) is 2.25. The molecule has 1 unspecified atom stereocenters. The number of rotatable bonds is 0. The van der Waals surface area contributed by atoms with Gasteiger partial charge in [0, 0.05) is 12.5 Å². The van der Waals surface area contributed by atoms with Crippen LogP contribution in [-0.4, -0.2) is 6.17 Å². The van der Waals surface area contributed by atoms with Gasteiger partial charge in [0.15, 0.2) is 0 Å². The maximum absolute atomic E-state index is 12.1. The van der Waals surface area contributed by atoms with E-state index in [1.54, 1.807) is 0 Å². The Kier molecular flexibility index (Phi) is 1.60. The zero-order valence-corrected chi connectivity index (χ0v) is 4.57. The molecule has 1 aliphatic carbocycles. The lowest BCUT2D eigenvalue weighted by Gasteiger charge is -2.04. The van der Waals surface area contributed by atoms with Gasteiger partial charge in [0.05, 0.1) is 0 Å². The van der Waals surface area contributed by atoms with Crippen molar-refractivity contribution in [3.05, 3.63) is 23.8 Å². The lowest BCUT2D eigenvalue weighted by atomic mass is 10.1. The average molecular weight is 134 g/mol. The Morgan fingerprint density at radius 3 is 2.56 bits per heavy atom. The molecule has 0 heterocycles. The highest BCUT2D eigenvalue weighted by molar-refractivity contribution is 5.21. The molecule has 1 aliphatic rings. The molecule has 0 saturated heterocycles. The minimum atomic E-state index is -1.49. The van der Waals surface area contributed by atoms with E-state index < -0.39 is 17.8 Å². The van der Waals surface area contributed by atoms with Crippen LogP contribution in [-0.2, 0) is 0 Å². The fourth-order valence-electron chi connectivity index (χ4n) is 0.675. The smallest absolute Gasteiger partial charge is 0.128 e. The van der Waals surface area contributed by atoms with E-state index in [-0.39, 0.29) is 6.42 Å². The molecule has 0 fully saturated rings. The second-order valence-corrected chi connectivity index (χ2v) is 1.86. The van der Waals surface area contributed by atoms with Crippen molar-refractivity contribution < 1.29 is 13.2 Å². The zero-order valence-electron chi connectivity index (χ0n) is 4.57. The SMILES string of the molecule is FC1=CC(F)CC(F)=C1. The first-order chi connectivity index (χ1) is 4.18. The predicted octanol–water partition coefficient (Wildman–Crippen LogP) is 2.44. The van der Waals surface area contributed by atoms with Crippen LogP contribution >= 0.6 is 0 Å². The van der Waals surface area contributed by atoms with Gasteiger partial charge in [0.2, 0.25) is 0 Å². The van der Waals surface area contributed by atoms with E-state index in [9.17, 15) is 13.2 Å². The summed E-state index contributed by atoms with van der Waals surface area (Å²) in [7, 11) is 0. The minimum Gasteiger partial charge on any atom is -0.242 e. The fraction of sp³-hybridized carbons (Fsp3) is 0.333. The van der Waals surface area contributed by atoms with Crippen LogP contribution in [0.2, 0.25) is 0 Å². The van der Waals surface area contributed by atoms with Gasteiger partial charge in [0.1, 0.15) is 17.8 Å². The van der Waals surface area contributed by atoms with Crippen molar-refractivity contribution in [2.24, 2.45) is 0 Å². The molecular formula is C6H5F3. The number of alkyl halides is 1. The number of hydrogen-bond acceptors (Lipinski definition) is 0. The highest BCUT2D eigenvalue weighted by atomic mass is 19.2. The molecule has 50 valence electrons. The van der Waals surface area contributed by atoms with E-state index in [2.05, 4.69) is 0 Å². The molecule has 0 aliphatic heterocycles. The largest absolute Gasteiger partial charge is 0.242 e. The van der Waals surface area contributed by atoms with Crippen LogP contribution in [0.1, 0.15) is 6.42 Å². The Hall–Kier alpha value is -0.730. The Balaban J connectivity index is 2.74. The van der Waals surface area contributed by atoms with E-state index in [0.29, 0.717) is 6.08 Å². The van der Waals surface area contributed by atoms with Gasteiger partial charge in [-0.1, -0.05) is 0 Å². The molecule has 9 heavy (non-hydrogen) atoms. The van der Waals surface area contributed by atoms with Gasteiger partial charge >= 0.3 is 0 Å². The summed E-state index contributed by atoms with van der Waals surface area (Å²) in [6, 6.07) is 0. The summed E-state index contributed by atoms with van der Waals surface area (Å²) in [6.07, 6.45) is -0.373. The highest BCUT2D eigenvalue weighted by Crippen LogP contribution is 2.20. The van der Waals surface area contributed by atoms with Gasteiger partial charge < -0.3 is 0 Å². The summed E-state index contributed by atoms with van der Waals surface area (Å²) in [5, 5.41) is 0. The molecule has 0 bridgehead atoms. The number of hydrogen-bond donors (Lipinski definition) is 0. The van der Waals surface area contributed by atoms with E-state index in [4.69, 9.17) is 0 Å². The topological polar surface area (TPSA) is 0 Å². The predicted molar refractivity (Wildman–Crippen MR) is 27.9 cm³/mol. The third-order valence-electron chi connectivity index (χ3n) is 1.02. The molecule has 0 nitrogen and oxygen atoms in total. The highest BCUT2D eigenvalue weighted by Gasteiger charge is 2.13. The van der Waals surface area contributed by atoms with E-state index in [1.165, 1.54) is 0 Å². The van der Waals surface area contributed by atoms with Gasteiger partial charge in [-0.15, -0.1) is 0 Å². The zero-order chi connectivity index (χ0) is 6.85. The van der Waals surface area contributed by atoms with E-state index >= 15 is 0 Å². The molecule has 0 aromatic rings. The van der Waals surface area contributed by atoms with Crippen LogP contribution in [0, 0.1) is 0 Å². The lowest BCUT2D eigenvalue weighted by molar-refractivity contribution is 0.359. The van der Waals surface area contributed by atoms with Crippen LogP contribution < -0.4 is 0 Å². The normalized spacial score (nSPS) is 27.2. The number of allylic oxidation sites excluding steroid dienone is 4. The van der Waals surface area contributed by atoms with E-state index in [1.807, 2.05) is 0 Å². The minimum absolute atomic E-state index is 0.326. The lowest BCUT2D eigenvalue weighted by Crippen LogP contribution is -2.00. The molecule has 0 aromatic carbocycles. The molecule has 1 atom stereocenters. The molecule has 0 spiro atoms. The van der Waals surface area contributed by atoms with Crippen molar-refractivity contribution in [1.29, 1.82) is 0 Å². The summed E-state index contributed by atoms with van der Waals surface area (Å²) in [4.78, 5) is 0. The molecule has 0 aromatic heterocycles. The van der Waals surface area contributed by atoms with Gasteiger partial charge in [-0.25, -0.2) is 13.2 Å². The first-order valence-electron chi connectivity index (χ1n) is 2.56. The molecule has 0 N–H and O–H groups in total. The third-order valence-corrected chi connectivity index (χ3v) is 1.02. The maximum Gasteiger partial charge on any atom is 0.128 e. The summed E-state index contributed by atoms with van der Waals surface area (Å²) >= 11 is 0. The van der Waals surface area contributed by atoms with Crippen LogP contribution in [0.4, 0.5) is 13.2 Å². The standard InChI is InChI=1S/C6H5F3/c7-4-1-5(8)3-6(9)2-4/h1-2,5H,3H2. The molecule has 0 saturated carbocycles. The molecule has 1 rings (SSSR count). The summed E-state index contributed by atoms with van der Waals surface area (Å²) in [6.45, 7) is 0. The maximum atomic E-state index is 12.1. The quantitative estimate of drug-likeness (QED) is 0.477. The Morgan fingerprint density at radius 1 is 1.44 bits per heavy atom. The average Bonchev–Trinajstić information content (AvgIpc) is 1.59. The van der Waals surface area contributed by atoms with Gasteiger partial charge in [-0.2, -0.15) is 0 Å². The monoisotopic (exact) mass is 134 g/mol. The second-order valence-electron chi connectivity index (χ2n) is 1.86. The van der Waals surface area contributed by atoms with Crippen molar-refractivity contribution in [3.8, 4) is 0 Å². The Bertz CT molecular complexity index is 169. The molecule has 0 radical (unpaired) electrons. The van der Waals surface area contributed by atoms with E-state index in [0.717, 1.165) is 6.08 Å².